The summed E-state index contributed by atoms with van der Waals surface area (Å²) < 4.78 is 13.8. The fourth-order valence-electron chi connectivity index (χ4n) is 3.54. The molecule has 1 fully saturated rings. The van der Waals surface area contributed by atoms with Crippen LogP contribution in [0.25, 0.3) is 11.2 Å². The molecule has 1 aliphatic rings. The number of hydrogen-bond donors (Lipinski definition) is 2. The van der Waals surface area contributed by atoms with Gasteiger partial charge in [-0.2, -0.15) is 14.4 Å². The van der Waals surface area contributed by atoms with Crippen LogP contribution in [0.5, 0.6) is 0 Å². The molecule has 0 aliphatic heterocycles. The monoisotopic (exact) mass is 394 g/mol. The van der Waals surface area contributed by atoms with Gasteiger partial charge in [0.25, 0.3) is 5.91 Å². The lowest BCUT2D eigenvalue weighted by molar-refractivity contribution is 0.0789. The number of anilines is 1. The van der Waals surface area contributed by atoms with E-state index < -0.39 is 6.08 Å². The number of H-pyrrole nitrogens is 1. The summed E-state index contributed by atoms with van der Waals surface area (Å²) in [5.41, 5.74) is 3.94. The van der Waals surface area contributed by atoms with Gasteiger partial charge in [-0.25, -0.2) is 4.98 Å². The van der Waals surface area contributed by atoms with E-state index in [-0.39, 0.29) is 29.5 Å². The Morgan fingerprint density at radius 2 is 2.00 bits per heavy atom. The van der Waals surface area contributed by atoms with E-state index >= 15 is 0 Å². The highest BCUT2D eigenvalue weighted by Crippen LogP contribution is 2.34. The minimum atomic E-state index is -0.865. The van der Waals surface area contributed by atoms with Crippen molar-refractivity contribution in [1.29, 1.82) is 0 Å². The predicted octanol–water partition coefficient (Wildman–Crippen LogP) is 3.73. The number of nitrogens with one attached hydrogen (secondary N) is 2. The lowest BCUT2D eigenvalue weighted by atomic mass is 10.0. The molecule has 0 unspecified atom stereocenters. The molecule has 1 atom stereocenters. The van der Waals surface area contributed by atoms with Gasteiger partial charge in [0.15, 0.2) is 11.5 Å². The predicted molar refractivity (Wildman–Crippen MR) is 109 cm³/mol. The molecule has 3 aromatic rings. The van der Waals surface area contributed by atoms with E-state index in [9.17, 15) is 9.18 Å². The first-order chi connectivity index (χ1) is 13.9. The molecule has 2 aromatic heterocycles. The zero-order valence-corrected chi connectivity index (χ0v) is 16.7. The van der Waals surface area contributed by atoms with Crippen LogP contribution in [0.15, 0.2) is 36.8 Å². The number of halogens is 1. The third-order valence-corrected chi connectivity index (χ3v) is 5.25. The number of aromatic amines is 1. The number of aromatic nitrogens is 4. The van der Waals surface area contributed by atoms with Crippen molar-refractivity contribution in [3.8, 4) is 0 Å². The fraction of sp³-hybridized carbons (Fsp3) is 0.333. The Balaban J connectivity index is 1.62. The Morgan fingerprint density at radius 1 is 1.31 bits per heavy atom. The zero-order chi connectivity index (χ0) is 20.7. The van der Waals surface area contributed by atoms with E-state index in [2.05, 4.69) is 31.8 Å². The van der Waals surface area contributed by atoms with Crippen LogP contribution in [0.4, 0.5) is 10.2 Å². The molecule has 1 aliphatic carbocycles. The highest BCUT2D eigenvalue weighted by Gasteiger charge is 2.37. The summed E-state index contributed by atoms with van der Waals surface area (Å²) in [7, 11) is 0. The number of carbonyl (C=O) groups is 1. The molecule has 0 saturated heterocycles. The normalized spacial score (nSPS) is 14.6. The number of hydrogen-bond acceptors (Lipinski definition) is 5. The highest BCUT2D eigenvalue weighted by molar-refractivity contribution is 5.98. The van der Waals surface area contributed by atoms with Crippen molar-refractivity contribution in [2.75, 3.05) is 5.32 Å². The average molecular weight is 394 g/mol. The highest BCUT2D eigenvalue weighted by atomic mass is 19.1. The SMILES string of the molecule is C=C([C@H](C)Nc1nc(F)nc2nc[nH]c12)N(C(=O)c1c(C)cccc1C)C1CC1. The summed E-state index contributed by atoms with van der Waals surface area (Å²) in [5, 5.41) is 3.15. The Labute approximate surface area is 168 Å². The Hall–Kier alpha value is -3.29. The molecule has 1 amide bonds. The van der Waals surface area contributed by atoms with Crippen molar-refractivity contribution >= 4 is 22.9 Å². The number of nitrogens with zero attached hydrogens (tertiary/aromatic N) is 4. The van der Waals surface area contributed by atoms with Gasteiger partial charge in [0, 0.05) is 17.3 Å². The molecule has 0 bridgehead atoms. The van der Waals surface area contributed by atoms with Crippen LogP contribution in [-0.4, -0.2) is 42.8 Å². The quantitative estimate of drug-likeness (QED) is 0.622. The largest absolute Gasteiger partial charge is 0.360 e. The number of imidazole rings is 1. The van der Waals surface area contributed by atoms with Gasteiger partial charge < -0.3 is 15.2 Å². The standard InChI is InChI=1S/C21H23FN6O/c1-11-6-5-7-12(2)16(11)20(29)28(15-8-9-15)14(4)13(3)25-19-17-18(24-10-23-17)26-21(22)27-19/h5-7,10,13,15H,4,8-9H2,1-3H3,(H2,23,24,25,26,27)/t13-/m0/s1. The topological polar surface area (TPSA) is 86.8 Å². The molecule has 2 N–H and O–H groups in total. The number of carbonyl (C=O) groups excluding carboxylic acids is 1. The summed E-state index contributed by atoms with van der Waals surface area (Å²) in [6.45, 7) is 9.94. The van der Waals surface area contributed by atoms with E-state index in [1.807, 2.05) is 39.0 Å². The molecule has 7 nitrogen and oxygen atoms in total. The first-order valence-corrected chi connectivity index (χ1v) is 9.58. The van der Waals surface area contributed by atoms with Crippen molar-refractivity contribution in [1.82, 2.24) is 24.8 Å². The van der Waals surface area contributed by atoms with Crippen molar-refractivity contribution in [3.63, 3.8) is 0 Å². The van der Waals surface area contributed by atoms with E-state index in [0.29, 0.717) is 16.8 Å². The van der Waals surface area contributed by atoms with E-state index in [1.165, 1.54) is 6.33 Å². The lowest BCUT2D eigenvalue weighted by Gasteiger charge is -2.30. The van der Waals surface area contributed by atoms with Gasteiger partial charge in [-0.15, -0.1) is 0 Å². The van der Waals surface area contributed by atoms with Crippen molar-refractivity contribution in [3.05, 3.63) is 59.6 Å². The maximum absolute atomic E-state index is 13.8. The molecule has 2 heterocycles. The van der Waals surface area contributed by atoms with Gasteiger partial charge in [-0.05, 0) is 44.7 Å². The third-order valence-electron chi connectivity index (χ3n) is 5.25. The molecule has 150 valence electrons. The van der Waals surface area contributed by atoms with E-state index in [1.54, 1.807) is 4.90 Å². The Kier molecular flexibility index (Phi) is 4.77. The first-order valence-electron chi connectivity index (χ1n) is 9.58. The summed E-state index contributed by atoms with van der Waals surface area (Å²) in [6, 6.07) is 5.60. The first kappa shape index (κ1) is 19.0. The van der Waals surface area contributed by atoms with Crippen LogP contribution in [0.3, 0.4) is 0 Å². The van der Waals surface area contributed by atoms with Crippen LogP contribution in [0, 0.1) is 19.9 Å². The lowest BCUT2D eigenvalue weighted by Crippen LogP contribution is -2.39. The van der Waals surface area contributed by atoms with Crippen LogP contribution >= 0.6 is 0 Å². The summed E-state index contributed by atoms with van der Waals surface area (Å²) in [5.74, 6) is 0.233. The number of benzene rings is 1. The molecule has 1 aromatic carbocycles. The van der Waals surface area contributed by atoms with Crippen LogP contribution < -0.4 is 5.32 Å². The number of fused-ring (bicyclic) bond motifs is 1. The second-order valence-corrected chi connectivity index (χ2v) is 7.47. The summed E-state index contributed by atoms with van der Waals surface area (Å²) in [4.78, 5) is 29.6. The van der Waals surface area contributed by atoms with Gasteiger partial charge in [0.05, 0.1) is 12.4 Å². The molecule has 4 rings (SSSR count). The van der Waals surface area contributed by atoms with Crippen LogP contribution in [0.2, 0.25) is 0 Å². The van der Waals surface area contributed by atoms with Crippen molar-refractivity contribution in [2.45, 2.75) is 45.7 Å². The molecule has 8 heteroatoms. The third kappa shape index (κ3) is 3.57. The summed E-state index contributed by atoms with van der Waals surface area (Å²) in [6.07, 6.45) is 2.45. The van der Waals surface area contributed by atoms with Crippen LogP contribution in [0.1, 0.15) is 41.3 Å². The summed E-state index contributed by atoms with van der Waals surface area (Å²) >= 11 is 0. The zero-order valence-electron chi connectivity index (χ0n) is 16.7. The minimum absolute atomic E-state index is 0.0534. The Bertz CT molecular complexity index is 1080. The second-order valence-electron chi connectivity index (χ2n) is 7.47. The molecule has 0 spiro atoms. The number of amides is 1. The molecule has 1 saturated carbocycles. The average Bonchev–Trinajstić information content (AvgIpc) is 3.37. The molecular weight excluding hydrogens is 371 g/mol. The Morgan fingerprint density at radius 3 is 2.66 bits per heavy atom. The van der Waals surface area contributed by atoms with Gasteiger partial charge >= 0.3 is 6.08 Å². The van der Waals surface area contributed by atoms with E-state index in [0.717, 1.165) is 24.0 Å². The fourth-order valence-corrected chi connectivity index (χ4v) is 3.54. The molecule has 29 heavy (non-hydrogen) atoms. The number of rotatable bonds is 6. The van der Waals surface area contributed by atoms with Gasteiger partial charge in [0.1, 0.15) is 5.52 Å². The van der Waals surface area contributed by atoms with Gasteiger partial charge in [-0.1, -0.05) is 24.8 Å². The molecular formula is C21H23FN6O. The van der Waals surface area contributed by atoms with Crippen molar-refractivity contribution in [2.24, 2.45) is 0 Å². The second kappa shape index (κ2) is 7.27. The van der Waals surface area contributed by atoms with E-state index in [4.69, 9.17) is 0 Å². The smallest absolute Gasteiger partial charge is 0.312 e. The maximum atomic E-state index is 13.8. The van der Waals surface area contributed by atoms with Crippen molar-refractivity contribution < 1.29 is 9.18 Å². The molecule has 0 radical (unpaired) electrons. The maximum Gasteiger partial charge on any atom is 0.312 e. The minimum Gasteiger partial charge on any atom is -0.360 e. The van der Waals surface area contributed by atoms with Gasteiger partial charge in [-0.3, -0.25) is 4.79 Å². The van der Waals surface area contributed by atoms with Gasteiger partial charge in [0.2, 0.25) is 0 Å². The number of aryl methyl sites for hydroxylation is 2. The van der Waals surface area contributed by atoms with Crippen LogP contribution in [-0.2, 0) is 0 Å².